The summed E-state index contributed by atoms with van der Waals surface area (Å²) < 4.78 is 13.1. The molecule has 0 bridgehead atoms. The summed E-state index contributed by atoms with van der Waals surface area (Å²) >= 11 is 7.53. The molecule has 0 aliphatic heterocycles. The van der Waals surface area contributed by atoms with Gasteiger partial charge in [0.05, 0.1) is 5.02 Å². The first kappa shape index (κ1) is 16.3. The fourth-order valence-electron chi connectivity index (χ4n) is 1.95. The molecular weight excluding hydrogens is 305 g/mol. The zero-order chi connectivity index (χ0) is 15.1. The molecule has 0 spiro atoms. The number of hydrogen-bond donors (Lipinski definition) is 1. The third-order valence-electron chi connectivity index (χ3n) is 3.04. The van der Waals surface area contributed by atoms with E-state index in [-0.39, 0.29) is 10.8 Å². The Labute approximate surface area is 134 Å². The maximum atomic E-state index is 13.1. The van der Waals surface area contributed by atoms with Gasteiger partial charge in [-0.3, -0.25) is 0 Å². The van der Waals surface area contributed by atoms with Crippen LogP contribution in [-0.2, 0) is 12.3 Å². The molecule has 2 aromatic carbocycles. The van der Waals surface area contributed by atoms with Gasteiger partial charge in [0.2, 0.25) is 0 Å². The molecule has 0 fully saturated rings. The van der Waals surface area contributed by atoms with E-state index in [0.29, 0.717) is 0 Å². The minimum absolute atomic E-state index is 0.186. The Morgan fingerprint density at radius 1 is 1.14 bits per heavy atom. The normalized spacial score (nSPS) is 10.8. The average Bonchev–Trinajstić information content (AvgIpc) is 2.49. The van der Waals surface area contributed by atoms with Crippen molar-refractivity contribution in [3.05, 3.63) is 64.4 Å². The predicted octanol–water partition coefficient (Wildman–Crippen LogP) is 5.27. The lowest BCUT2D eigenvalue weighted by atomic mass is 10.2. The Bertz CT molecular complexity index is 589. The van der Waals surface area contributed by atoms with Crippen molar-refractivity contribution >= 4 is 23.4 Å². The monoisotopic (exact) mass is 323 g/mol. The van der Waals surface area contributed by atoms with Gasteiger partial charge >= 0.3 is 0 Å². The largest absolute Gasteiger partial charge is 0.313 e. The van der Waals surface area contributed by atoms with E-state index in [1.54, 1.807) is 23.9 Å². The highest BCUT2D eigenvalue weighted by molar-refractivity contribution is 7.98. The highest BCUT2D eigenvalue weighted by atomic mass is 35.5. The van der Waals surface area contributed by atoms with Crippen LogP contribution in [0.1, 0.15) is 24.5 Å². The number of rotatable bonds is 7. The molecule has 2 rings (SSSR count). The minimum atomic E-state index is -0.366. The topological polar surface area (TPSA) is 12.0 Å². The molecule has 21 heavy (non-hydrogen) atoms. The van der Waals surface area contributed by atoms with Crippen LogP contribution in [0.25, 0.3) is 0 Å². The van der Waals surface area contributed by atoms with Crippen LogP contribution in [0.4, 0.5) is 4.39 Å². The molecule has 4 heteroatoms. The molecule has 0 heterocycles. The molecule has 112 valence electrons. The van der Waals surface area contributed by atoms with Crippen molar-refractivity contribution in [2.45, 2.75) is 30.5 Å². The molecule has 0 aliphatic carbocycles. The van der Waals surface area contributed by atoms with Crippen LogP contribution >= 0.6 is 23.4 Å². The second-order valence-corrected chi connectivity index (χ2v) is 6.32. The summed E-state index contributed by atoms with van der Waals surface area (Å²) in [7, 11) is 0. The lowest BCUT2D eigenvalue weighted by molar-refractivity contribution is 0.628. The first-order valence-electron chi connectivity index (χ1n) is 7.05. The van der Waals surface area contributed by atoms with E-state index in [2.05, 4.69) is 36.5 Å². The number of hydrogen-bond acceptors (Lipinski definition) is 2. The van der Waals surface area contributed by atoms with Gasteiger partial charge in [0.1, 0.15) is 5.82 Å². The number of thioether (sulfide) groups is 1. The van der Waals surface area contributed by atoms with Crippen LogP contribution in [0.15, 0.2) is 47.4 Å². The van der Waals surface area contributed by atoms with Crippen LogP contribution < -0.4 is 5.32 Å². The molecular formula is C17H19ClFNS. The second-order valence-electron chi connectivity index (χ2n) is 4.86. The predicted molar refractivity (Wildman–Crippen MR) is 89.4 cm³/mol. The van der Waals surface area contributed by atoms with E-state index in [4.69, 9.17) is 11.6 Å². The SMILES string of the molecule is CCCNCc1cccc(SCc2ccc(F)c(Cl)c2)c1. The van der Waals surface area contributed by atoms with Crippen molar-refractivity contribution in [1.29, 1.82) is 0 Å². The Hall–Kier alpha value is -1.03. The summed E-state index contributed by atoms with van der Waals surface area (Å²) in [6, 6.07) is 13.4. The highest BCUT2D eigenvalue weighted by Crippen LogP contribution is 2.25. The van der Waals surface area contributed by atoms with Gasteiger partial charge in [0, 0.05) is 17.2 Å². The maximum Gasteiger partial charge on any atom is 0.141 e. The zero-order valence-electron chi connectivity index (χ0n) is 12.0. The van der Waals surface area contributed by atoms with Crippen molar-refractivity contribution in [3.63, 3.8) is 0 Å². The first-order chi connectivity index (χ1) is 10.2. The average molecular weight is 324 g/mol. The van der Waals surface area contributed by atoms with E-state index in [0.717, 1.165) is 30.8 Å². The van der Waals surface area contributed by atoms with Crippen LogP contribution in [0.3, 0.4) is 0 Å². The first-order valence-corrected chi connectivity index (χ1v) is 8.42. The fourth-order valence-corrected chi connectivity index (χ4v) is 3.08. The molecule has 0 aromatic heterocycles. The van der Waals surface area contributed by atoms with Gasteiger partial charge in [-0.25, -0.2) is 4.39 Å². The zero-order valence-corrected chi connectivity index (χ0v) is 13.6. The van der Waals surface area contributed by atoms with E-state index < -0.39 is 0 Å². The minimum Gasteiger partial charge on any atom is -0.313 e. The van der Waals surface area contributed by atoms with Crippen LogP contribution in [0.5, 0.6) is 0 Å². The molecule has 0 amide bonds. The summed E-state index contributed by atoms with van der Waals surface area (Å²) in [5, 5.41) is 3.58. The van der Waals surface area contributed by atoms with E-state index >= 15 is 0 Å². The third kappa shape index (κ3) is 5.34. The van der Waals surface area contributed by atoms with Gasteiger partial charge in [-0.1, -0.05) is 36.7 Å². The van der Waals surface area contributed by atoms with Crippen molar-refractivity contribution in [2.75, 3.05) is 6.54 Å². The molecule has 2 aromatic rings. The van der Waals surface area contributed by atoms with Gasteiger partial charge < -0.3 is 5.32 Å². The second kappa shape index (κ2) is 8.42. The fraction of sp³-hybridized carbons (Fsp3) is 0.294. The lowest BCUT2D eigenvalue weighted by Gasteiger charge is -2.07. The molecule has 0 saturated heterocycles. The van der Waals surface area contributed by atoms with Crippen molar-refractivity contribution in [3.8, 4) is 0 Å². The van der Waals surface area contributed by atoms with Crippen molar-refractivity contribution in [2.24, 2.45) is 0 Å². The highest BCUT2D eigenvalue weighted by Gasteiger charge is 2.02. The lowest BCUT2D eigenvalue weighted by Crippen LogP contribution is -2.13. The van der Waals surface area contributed by atoms with Crippen LogP contribution in [0.2, 0.25) is 5.02 Å². The molecule has 0 unspecified atom stereocenters. The molecule has 0 saturated carbocycles. The Morgan fingerprint density at radius 3 is 2.76 bits per heavy atom. The smallest absolute Gasteiger partial charge is 0.141 e. The van der Waals surface area contributed by atoms with E-state index in [1.807, 2.05) is 0 Å². The van der Waals surface area contributed by atoms with Crippen LogP contribution in [-0.4, -0.2) is 6.54 Å². The molecule has 1 N–H and O–H groups in total. The van der Waals surface area contributed by atoms with Crippen LogP contribution in [0, 0.1) is 5.82 Å². The van der Waals surface area contributed by atoms with Gasteiger partial charge in [-0.2, -0.15) is 0 Å². The summed E-state index contributed by atoms with van der Waals surface area (Å²) in [4.78, 5) is 1.21. The Balaban J connectivity index is 1.93. The molecule has 0 atom stereocenters. The number of benzene rings is 2. The summed E-state index contributed by atoms with van der Waals surface area (Å²) in [5.74, 6) is 0.417. The standard InChI is InChI=1S/C17H19ClFNS/c1-2-8-20-11-13-4-3-5-15(9-13)21-12-14-6-7-17(19)16(18)10-14/h3-7,9-10,20H,2,8,11-12H2,1H3. The van der Waals surface area contributed by atoms with Gasteiger partial charge in [-0.05, 0) is 48.4 Å². The van der Waals surface area contributed by atoms with Gasteiger partial charge in [-0.15, -0.1) is 11.8 Å². The molecule has 0 radical (unpaired) electrons. The maximum absolute atomic E-state index is 13.1. The quantitative estimate of drug-likeness (QED) is 0.550. The Morgan fingerprint density at radius 2 is 2.00 bits per heavy atom. The molecule has 1 nitrogen and oxygen atoms in total. The third-order valence-corrected chi connectivity index (χ3v) is 4.40. The van der Waals surface area contributed by atoms with Gasteiger partial charge in [0.25, 0.3) is 0 Å². The van der Waals surface area contributed by atoms with E-state index in [1.165, 1.54) is 16.5 Å². The number of halogens is 2. The molecule has 0 aliphatic rings. The van der Waals surface area contributed by atoms with E-state index in [9.17, 15) is 4.39 Å². The van der Waals surface area contributed by atoms with Gasteiger partial charge in [0.15, 0.2) is 0 Å². The number of nitrogens with one attached hydrogen (secondary N) is 1. The summed E-state index contributed by atoms with van der Waals surface area (Å²) in [6.07, 6.45) is 1.14. The van der Waals surface area contributed by atoms with Crippen molar-refractivity contribution < 1.29 is 4.39 Å². The summed E-state index contributed by atoms with van der Waals surface area (Å²) in [5.41, 5.74) is 2.31. The Kier molecular flexibility index (Phi) is 6.55. The van der Waals surface area contributed by atoms with Crippen molar-refractivity contribution in [1.82, 2.24) is 5.32 Å². The summed E-state index contributed by atoms with van der Waals surface area (Å²) in [6.45, 7) is 4.09.